The number of phenolic OH excluding ortho intramolecular Hbond substituents is 2. The second-order valence-corrected chi connectivity index (χ2v) is 6.32. The molecule has 0 fully saturated rings. The Morgan fingerprint density at radius 3 is 2.15 bits per heavy atom. The van der Waals surface area contributed by atoms with Crippen LogP contribution < -0.4 is 4.74 Å². The summed E-state index contributed by atoms with van der Waals surface area (Å²) in [5.41, 5.74) is 1.62. The quantitative estimate of drug-likeness (QED) is 0.269. The van der Waals surface area contributed by atoms with Crippen molar-refractivity contribution in [2.24, 2.45) is 0 Å². The number of esters is 1. The molecule has 138 valence electrons. The van der Waals surface area contributed by atoms with Gasteiger partial charge in [0, 0.05) is 12.5 Å². The van der Waals surface area contributed by atoms with Crippen LogP contribution in [0.5, 0.6) is 17.2 Å². The number of rotatable bonds is 9. The summed E-state index contributed by atoms with van der Waals surface area (Å²) in [6.07, 6.45) is 9.61. The molecule has 0 unspecified atom stereocenters. The van der Waals surface area contributed by atoms with Crippen molar-refractivity contribution in [3.63, 3.8) is 0 Å². The van der Waals surface area contributed by atoms with Crippen LogP contribution in [0, 0.1) is 0 Å². The molecule has 0 spiro atoms. The minimum Gasteiger partial charge on any atom is -0.508 e. The van der Waals surface area contributed by atoms with E-state index in [1.54, 1.807) is 30.3 Å². The van der Waals surface area contributed by atoms with E-state index in [1.807, 2.05) is 18.2 Å². The van der Waals surface area contributed by atoms with E-state index in [-0.39, 0.29) is 17.5 Å². The molecular formula is C22H26O4. The Bertz CT molecular complexity index is 712. The zero-order valence-electron chi connectivity index (χ0n) is 15.1. The summed E-state index contributed by atoms with van der Waals surface area (Å²) in [5, 5.41) is 18.9. The van der Waals surface area contributed by atoms with Crippen LogP contribution in [0.15, 0.2) is 42.5 Å². The van der Waals surface area contributed by atoms with Gasteiger partial charge in [0.2, 0.25) is 0 Å². The van der Waals surface area contributed by atoms with Crippen molar-refractivity contribution in [1.29, 1.82) is 0 Å². The number of carbonyl (C=O) groups is 1. The van der Waals surface area contributed by atoms with Crippen molar-refractivity contribution >= 4 is 18.1 Å². The van der Waals surface area contributed by atoms with E-state index >= 15 is 0 Å². The smallest absolute Gasteiger partial charge is 0.311 e. The number of ether oxygens (including phenoxy) is 1. The van der Waals surface area contributed by atoms with E-state index in [0.29, 0.717) is 17.7 Å². The SMILES string of the molecule is CCCCCCCC(=O)Oc1ccc(C=Cc2cc(O)cc(O)c2)cc1. The van der Waals surface area contributed by atoms with E-state index in [1.165, 1.54) is 25.3 Å². The molecule has 4 nitrogen and oxygen atoms in total. The highest BCUT2D eigenvalue weighted by molar-refractivity contribution is 5.73. The van der Waals surface area contributed by atoms with E-state index < -0.39 is 0 Å². The first-order chi connectivity index (χ1) is 12.6. The molecule has 0 bridgehead atoms. The average Bonchev–Trinajstić information content (AvgIpc) is 2.60. The van der Waals surface area contributed by atoms with Crippen molar-refractivity contribution in [3.05, 3.63) is 53.6 Å². The van der Waals surface area contributed by atoms with Gasteiger partial charge in [-0.25, -0.2) is 0 Å². The molecule has 0 aliphatic rings. The predicted octanol–water partition coefficient (Wildman–Crippen LogP) is 5.53. The molecule has 0 saturated heterocycles. The van der Waals surface area contributed by atoms with Crippen LogP contribution in [0.25, 0.3) is 12.2 Å². The van der Waals surface area contributed by atoms with Crippen molar-refractivity contribution in [3.8, 4) is 17.2 Å². The fourth-order valence-corrected chi connectivity index (χ4v) is 2.61. The van der Waals surface area contributed by atoms with Gasteiger partial charge in [-0.1, -0.05) is 56.9 Å². The van der Waals surface area contributed by atoms with Crippen LogP contribution in [0.2, 0.25) is 0 Å². The summed E-state index contributed by atoms with van der Waals surface area (Å²) in [5.74, 6) is 0.374. The van der Waals surface area contributed by atoms with Gasteiger partial charge in [-0.2, -0.15) is 0 Å². The summed E-state index contributed by atoms with van der Waals surface area (Å²) >= 11 is 0. The van der Waals surface area contributed by atoms with Gasteiger partial charge >= 0.3 is 5.97 Å². The standard InChI is InChI=1S/C22H26O4/c1-2-3-4-5-6-7-22(25)26-21-12-10-17(11-13-21)8-9-18-14-19(23)16-20(24)15-18/h8-16,23-24H,2-7H2,1H3. The lowest BCUT2D eigenvalue weighted by atomic mass is 10.1. The van der Waals surface area contributed by atoms with Crippen LogP contribution in [0.4, 0.5) is 0 Å². The summed E-state index contributed by atoms with van der Waals surface area (Å²) in [6, 6.07) is 11.6. The van der Waals surface area contributed by atoms with Crippen LogP contribution in [-0.4, -0.2) is 16.2 Å². The van der Waals surface area contributed by atoms with Gasteiger partial charge < -0.3 is 14.9 Å². The molecule has 4 heteroatoms. The number of hydrogen-bond acceptors (Lipinski definition) is 4. The molecule has 0 heterocycles. The van der Waals surface area contributed by atoms with Crippen molar-refractivity contribution in [2.75, 3.05) is 0 Å². The monoisotopic (exact) mass is 354 g/mol. The Balaban J connectivity index is 1.83. The molecule has 2 rings (SSSR count). The Morgan fingerprint density at radius 1 is 0.885 bits per heavy atom. The maximum absolute atomic E-state index is 11.8. The van der Waals surface area contributed by atoms with E-state index in [0.717, 1.165) is 18.4 Å². The van der Waals surface area contributed by atoms with Gasteiger partial charge in [0.15, 0.2) is 0 Å². The topological polar surface area (TPSA) is 66.8 Å². The first kappa shape index (κ1) is 19.6. The third-order valence-corrected chi connectivity index (χ3v) is 3.99. The molecule has 0 atom stereocenters. The summed E-state index contributed by atoms with van der Waals surface area (Å²) in [7, 11) is 0. The minimum absolute atomic E-state index is 0.0154. The fourth-order valence-electron chi connectivity index (χ4n) is 2.61. The Hall–Kier alpha value is -2.75. The second kappa shape index (κ2) is 10.3. The lowest BCUT2D eigenvalue weighted by Crippen LogP contribution is -2.07. The van der Waals surface area contributed by atoms with Crippen LogP contribution >= 0.6 is 0 Å². The number of unbranched alkanes of at least 4 members (excludes halogenated alkanes) is 4. The molecule has 26 heavy (non-hydrogen) atoms. The average molecular weight is 354 g/mol. The zero-order valence-corrected chi connectivity index (χ0v) is 15.1. The molecule has 0 aliphatic heterocycles. The van der Waals surface area contributed by atoms with E-state index in [9.17, 15) is 15.0 Å². The van der Waals surface area contributed by atoms with E-state index in [4.69, 9.17) is 4.74 Å². The van der Waals surface area contributed by atoms with Gasteiger partial charge in [0.05, 0.1) is 0 Å². The fraction of sp³-hybridized carbons (Fsp3) is 0.318. The summed E-state index contributed by atoms with van der Waals surface area (Å²) in [6.45, 7) is 2.17. The molecule has 2 aromatic rings. The minimum atomic E-state index is -0.194. The molecule has 0 amide bonds. The maximum Gasteiger partial charge on any atom is 0.311 e. The van der Waals surface area contributed by atoms with Gasteiger partial charge in [-0.05, 0) is 41.8 Å². The number of benzene rings is 2. The molecule has 0 saturated carbocycles. The third-order valence-electron chi connectivity index (χ3n) is 3.99. The number of phenols is 2. The maximum atomic E-state index is 11.8. The second-order valence-electron chi connectivity index (χ2n) is 6.32. The molecule has 2 N–H and O–H groups in total. The van der Waals surface area contributed by atoms with Gasteiger partial charge in [-0.15, -0.1) is 0 Å². The van der Waals surface area contributed by atoms with Crippen LogP contribution in [0.1, 0.15) is 56.6 Å². The first-order valence-electron chi connectivity index (χ1n) is 9.08. The number of carbonyl (C=O) groups excluding carboxylic acids is 1. The normalized spacial score (nSPS) is 11.0. The molecular weight excluding hydrogens is 328 g/mol. The number of hydrogen-bond donors (Lipinski definition) is 2. The Morgan fingerprint density at radius 2 is 1.50 bits per heavy atom. The lowest BCUT2D eigenvalue weighted by Gasteiger charge is -2.05. The largest absolute Gasteiger partial charge is 0.508 e. The molecule has 0 radical (unpaired) electrons. The molecule has 0 aliphatic carbocycles. The van der Waals surface area contributed by atoms with Gasteiger partial charge in [0.1, 0.15) is 17.2 Å². The lowest BCUT2D eigenvalue weighted by molar-refractivity contribution is -0.134. The van der Waals surface area contributed by atoms with Gasteiger partial charge in [-0.3, -0.25) is 4.79 Å². The summed E-state index contributed by atoms with van der Waals surface area (Å²) < 4.78 is 5.34. The molecule has 2 aromatic carbocycles. The highest BCUT2D eigenvalue weighted by Gasteiger charge is 2.04. The van der Waals surface area contributed by atoms with Crippen molar-refractivity contribution < 1.29 is 19.7 Å². The van der Waals surface area contributed by atoms with Crippen molar-refractivity contribution in [2.45, 2.75) is 45.4 Å². The Kier molecular flexibility index (Phi) is 7.75. The summed E-state index contributed by atoms with van der Waals surface area (Å²) in [4.78, 5) is 11.8. The number of aromatic hydroxyl groups is 2. The van der Waals surface area contributed by atoms with Crippen molar-refractivity contribution in [1.82, 2.24) is 0 Å². The van der Waals surface area contributed by atoms with Crippen LogP contribution in [0.3, 0.4) is 0 Å². The Labute approximate surface area is 154 Å². The first-order valence-corrected chi connectivity index (χ1v) is 9.08. The van der Waals surface area contributed by atoms with Gasteiger partial charge in [0.25, 0.3) is 0 Å². The zero-order chi connectivity index (χ0) is 18.8. The highest BCUT2D eigenvalue weighted by Crippen LogP contribution is 2.22. The predicted molar refractivity (Wildman–Crippen MR) is 104 cm³/mol. The van der Waals surface area contributed by atoms with E-state index in [2.05, 4.69) is 6.92 Å². The molecule has 0 aromatic heterocycles. The highest BCUT2D eigenvalue weighted by atomic mass is 16.5. The third kappa shape index (κ3) is 7.01. The van der Waals surface area contributed by atoms with Crippen LogP contribution in [-0.2, 0) is 4.79 Å².